The van der Waals surface area contributed by atoms with Crippen molar-refractivity contribution in [1.82, 2.24) is 15.5 Å². The van der Waals surface area contributed by atoms with E-state index in [1.165, 1.54) is 10.8 Å². The molecule has 0 saturated heterocycles. The molecule has 3 aromatic rings. The maximum absolute atomic E-state index is 12.5. The lowest BCUT2D eigenvalue weighted by Crippen LogP contribution is -2.36. The van der Waals surface area contributed by atoms with Crippen LogP contribution >= 0.6 is 0 Å². The monoisotopic (exact) mass is 389 g/mol. The topological polar surface area (TPSA) is 61.4 Å². The first-order valence-electron chi connectivity index (χ1n) is 9.74. The van der Waals surface area contributed by atoms with Gasteiger partial charge in [0.25, 0.3) is 5.91 Å². The summed E-state index contributed by atoms with van der Waals surface area (Å²) in [6, 6.07) is 21.8. The van der Waals surface area contributed by atoms with E-state index in [0.29, 0.717) is 18.7 Å². The summed E-state index contributed by atoms with van der Waals surface area (Å²) >= 11 is 0. The number of likely N-dealkylation sites (N-methyl/N-ethyl adjacent to an activating group) is 1. The van der Waals surface area contributed by atoms with Gasteiger partial charge >= 0.3 is 0 Å². The summed E-state index contributed by atoms with van der Waals surface area (Å²) in [6.45, 7) is 2.93. The summed E-state index contributed by atoms with van der Waals surface area (Å²) in [5, 5.41) is 8.04. The van der Waals surface area contributed by atoms with E-state index in [2.05, 4.69) is 41.0 Å². The van der Waals surface area contributed by atoms with Crippen molar-refractivity contribution in [2.24, 2.45) is 0 Å². The molecule has 0 saturated carbocycles. The lowest BCUT2D eigenvalue weighted by Gasteiger charge is -2.20. The SMILES string of the molecule is CNC(=O)c1ccc(CN(C)CC(=O)N[C@@H](C)c2ccc3ccccc3c2)cc1. The van der Waals surface area contributed by atoms with Crippen LogP contribution in [0.4, 0.5) is 0 Å². The number of fused-ring (bicyclic) bond motifs is 1. The molecule has 0 aromatic heterocycles. The molecule has 0 radical (unpaired) electrons. The van der Waals surface area contributed by atoms with Crippen molar-refractivity contribution in [3.63, 3.8) is 0 Å². The largest absolute Gasteiger partial charge is 0.355 e. The number of carbonyl (C=O) groups is 2. The fourth-order valence-electron chi connectivity index (χ4n) is 3.37. The fraction of sp³-hybridized carbons (Fsp3) is 0.250. The molecule has 0 fully saturated rings. The Morgan fingerprint density at radius 1 is 0.966 bits per heavy atom. The van der Waals surface area contributed by atoms with E-state index in [-0.39, 0.29) is 17.9 Å². The van der Waals surface area contributed by atoms with Gasteiger partial charge in [0.2, 0.25) is 5.91 Å². The van der Waals surface area contributed by atoms with E-state index >= 15 is 0 Å². The van der Waals surface area contributed by atoms with Gasteiger partial charge < -0.3 is 10.6 Å². The van der Waals surface area contributed by atoms with Gasteiger partial charge in [0.15, 0.2) is 0 Å². The predicted octanol–water partition coefficient (Wildman–Crippen LogP) is 3.51. The lowest BCUT2D eigenvalue weighted by atomic mass is 10.0. The number of hydrogen-bond donors (Lipinski definition) is 2. The van der Waals surface area contributed by atoms with Gasteiger partial charge in [-0.1, -0.05) is 48.5 Å². The van der Waals surface area contributed by atoms with Crippen LogP contribution in [0.5, 0.6) is 0 Å². The van der Waals surface area contributed by atoms with Crippen LogP contribution in [-0.2, 0) is 11.3 Å². The van der Waals surface area contributed by atoms with Crippen molar-refractivity contribution in [3.8, 4) is 0 Å². The van der Waals surface area contributed by atoms with Crippen LogP contribution in [0, 0.1) is 0 Å². The van der Waals surface area contributed by atoms with Crippen LogP contribution in [-0.4, -0.2) is 37.4 Å². The number of benzene rings is 3. The summed E-state index contributed by atoms with van der Waals surface area (Å²) in [4.78, 5) is 26.0. The Hall–Kier alpha value is -3.18. The van der Waals surface area contributed by atoms with Crippen LogP contribution in [0.1, 0.15) is 34.5 Å². The van der Waals surface area contributed by atoms with Gasteiger partial charge in [0, 0.05) is 19.2 Å². The molecular formula is C24H27N3O2. The van der Waals surface area contributed by atoms with E-state index in [1.807, 2.05) is 43.1 Å². The van der Waals surface area contributed by atoms with E-state index in [0.717, 1.165) is 11.1 Å². The Morgan fingerprint density at radius 3 is 2.34 bits per heavy atom. The van der Waals surface area contributed by atoms with Crippen LogP contribution in [0.3, 0.4) is 0 Å². The van der Waals surface area contributed by atoms with E-state index in [4.69, 9.17) is 0 Å². The first kappa shape index (κ1) is 20.6. The number of amides is 2. The molecule has 1 atom stereocenters. The number of carbonyl (C=O) groups excluding carboxylic acids is 2. The molecule has 0 aliphatic rings. The molecule has 3 rings (SSSR count). The van der Waals surface area contributed by atoms with Gasteiger partial charge in [-0.2, -0.15) is 0 Å². The zero-order valence-electron chi connectivity index (χ0n) is 17.1. The molecule has 0 unspecified atom stereocenters. The Morgan fingerprint density at radius 2 is 1.66 bits per heavy atom. The molecule has 3 aromatic carbocycles. The molecule has 0 aliphatic heterocycles. The van der Waals surface area contributed by atoms with Crippen LogP contribution in [0.15, 0.2) is 66.7 Å². The normalized spacial score (nSPS) is 12.0. The molecule has 5 heteroatoms. The van der Waals surface area contributed by atoms with Gasteiger partial charge in [-0.25, -0.2) is 0 Å². The molecule has 0 aliphatic carbocycles. The summed E-state index contributed by atoms with van der Waals surface area (Å²) in [5.74, 6) is -0.123. The highest BCUT2D eigenvalue weighted by Crippen LogP contribution is 2.20. The summed E-state index contributed by atoms with van der Waals surface area (Å²) < 4.78 is 0. The molecule has 2 amide bonds. The molecule has 29 heavy (non-hydrogen) atoms. The first-order chi connectivity index (χ1) is 14.0. The standard InChI is InChI=1S/C24H27N3O2/c1-17(21-13-12-19-6-4-5-7-22(19)14-21)26-23(28)16-27(3)15-18-8-10-20(11-9-18)24(29)25-2/h4-14,17H,15-16H2,1-3H3,(H,25,29)(H,26,28)/t17-/m0/s1. The van der Waals surface area contributed by atoms with Crippen molar-refractivity contribution in [1.29, 1.82) is 0 Å². The third kappa shape index (κ3) is 5.42. The second-order valence-corrected chi connectivity index (χ2v) is 7.34. The average molecular weight is 389 g/mol. The Bertz CT molecular complexity index is 998. The number of rotatable bonds is 7. The summed E-state index contributed by atoms with van der Waals surface area (Å²) in [7, 11) is 3.52. The van der Waals surface area contributed by atoms with Crippen molar-refractivity contribution in [2.45, 2.75) is 19.5 Å². The predicted molar refractivity (Wildman–Crippen MR) is 117 cm³/mol. The first-order valence-corrected chi connectivity index (χ1v) is 9.74. The van der Waals surface area contributed by atoms with Gasteiger partial charge in [-0.05, 0) is 54.1 Å². The Kier molecular flexibility index (Phi) is 6.62. The zero-order chi connectivity index (χ0) is 20.8. The molecule has 0 spiro atoms. The Balaban J connectivity index is 1.54. The summed E-state index contributed by atoms with van der Waals surface area (Å²) in [5.41, 5.74) is 2.76. The van der Waals surface area contributed by atoms with Gasteiger partial charge in [0.05, 0.1) is 12.6 Å². The fourth-order valence-corrected chi connectivity index (χ4v) is 3.37. The quantitative estimate of drug-likeness (QED) is 0.650. The van der Waals surface area contributed by atoms with E-state index in [1.54, 1.807) is 19.2 Å². The third-order valence-electron chi connectivity index (χ3n) is 4.96. The lowest BCUT2D eigenvalue weighted by molar-refractivity contribution is -0.122. The maximum Gasteiger partial charge on any atom is 0.251 e. The molecule has 150 valence electrons. The smallest absolute Gasteiger partial charge is 0.251 e. The number of nitrogens with one attached hydrogen (secondary N) is 2. The van der Waals surface area contributed by atoms with Crippen LogP contribution in [0.25, 0.3) is 10.8 Å². The minimum atomic E-state index is -0.105. The van der Waals surface area contributed by atoms with Crippen molar-refractivity contribution >= 4 is 22.6 Å². The minimum Gasteiger partial charge on any atom is -0.355 e. The number of nitrogens with zero attached hydrogens (tertiary/aromatic N) is 1. The Labute approximate surface area is 171 Å². The van der Waals surface area contributed by atoms with Gasteiger partial charge in [-0.15, -0.1) is 0 Å². The minimum absolute atomic E-state index is 0.0184. The highest BCUT2D eigenvalue weighted by molar-refractivity contribution is 5.93. The molecular weight excluding hydrogens is 362 g/mol. The van der Waals surface area contributed by atoms with E-state index in [9.17, 15) is 9.59 Å². The highest BCUT2D eigenvalue weighted by atomic mass is 16.2. The van der Waals surface area contributed by atoms with Crippen molar-refractivity contribution in [3.05, 3.63) is 83.4 Å². The second kappa shape index (κ2) is 9.34. The molecule has 5 nitrogen and oxygen atoms in total. The van der Waals surface area contributed by atoms with E-state index < -0.39 is 0 Å². The molecule has 0 bridgehead atoms. The average Bonchev–Trinajstić information content (AvgIpc) is 2.73. The van der Waals surface area contributed by atoms with Crippen LogP contribution in [0.2, 0.25) is 0 Å². The second-order valence-electron chi connectivity index (χ2n) is 7.34. The van der Waals surface area contributed by atoms with Crippen molar-refractivity contribution < 1.29 is 9.59 Å². The zero-order valence-corrected chi connectivity index (χ0v) is 17.1. The van der Waals surface area contributed by atoms with Crippen molar-refractivity contribution in [2.75, 3.05) is 20.6 Å². The molecule has 0 heterocycles. The van der Waals surface area contributed by atoms with Crippen LogP contribution < -0.4 is 10.6 Å². The number of hydrogen-bond acceptors (Lipinski definition) is 3. The maximum atomic E-state index is 12.5. The van der Waals surface area contributed by atoms with Gasteiger partial charge in [-0.3, -0.25) is 14.5 Å². The third-order valence-corrected chi connectivity index (χ3v) is 4.96. The molecule has 2 N–H and O–H groups in total. The summed E-state index contributed by atoms with van der Waals surface area (Å²) in [6.07, 6.45) is 0. The van der Waals surface area contributed by atoms with Gasteiger partial charge in [0.1, 0.15) is 0 Å². The highest BCUT2D eigenvalue weighted by Gasteiger charge is 2.13.